The predicted octanol–water partition coefficient (Wildman–Crippen LogP) is 4.23. The number of nitrogens with two attached hydrogens (primary N) is 1. The first-order chi connectivity index (χ1) is 7.59. The van der Waals surface area contributed by atoms with Crippen LogP contribution in [-0.4, -0.2) is 5.11 Å². The van der Waals surface area contributed by atoms with Gasteiger partial charge in [-0.05, 0) is 40.1 Å². The Morgan fingerprint density at radius 1 is 1.18 bits per heavy atom. The maximum atomic E-state index is 9.44. The molecule has 1 aromatic carbocycles. The van der Waals surface area contributed by atoms with Gasteiger partial charge in [0, 0.05) is 0 Å². The van der Waals surface area contributed by atoms with Crippen molar-refractivity contribution in [3.63, 3.8) is 0 Å². The van der Waals surface area contributed by atoms with Crippen LogP contribution in [0.25, 0.3) is 0 Å². The van der Waals surface area contributed by atoms with Gasteiger partial charge < -0.3 is 10.8 Å². The highest BCUT2D eigenvalue weighted by atomic mass is 35.5. The van der Waals surface area contributed by atoms with Crippen molar-refractivity contribution in [2.45, 2.75) is 6.04 Å². The van der Waals surface area contributed by atoms with Gasteiger partial charge in [-0.3, -0.25) is 0 Å². The normalized spacial score (nSPS) is 11.9. The highest BCUT2D eigenvalue weighted by molar-refractivity contribution is 7.08. The molecule has 2 rings (SSSR count). The minimum Gasteiger partial charge on any atom is -0.505 e. The molecule has 0 fully saturated rings. The average Bonchev–Trinajstić information content (AvgIpc) is 2.77. The SMILES string of the molecule is Cl.N[C@@H](c1ccsc1)c1cc(Cl)c(O)c(Cl)c1. The van der Waals surface area contributed by atoms with Crippen LogP contribution in [0, 0.1) is 0 Å². The van der Waals surface area contributed by atoms with E-state index < -0.39 is 0 Å². The molecule has 0 bridgehead atoms. The van der Waals surface area contributed by atoms with Crippen molar-refractivity contribution in [3.8, 4) is 5.75 Å². The van der Waals surface area contributed by atoms with Gasteiger partial charge in [-0.1, -0.05) is 23.2 Å². The number of halogens is 3. The van der Waals surface area contributed by atoms with Gasteiger partial charge in [-0.2, -0.15) is 11.3 Å². The molecule has 0 aliphatic carbocycles. The number of aromatic hydroxyl groups is 1. The molecular weight excluding hydrogens is 301 g/mol. The monoisotopic (exact) mass is 309 g/mol. The van der Waals surface area contributed by atoms with E-state index in [1.807, 2.05) is 16.8 Å². The molecule has 1 atom stereocenters. The Hall–Kier alpha value is -0.450. The van der Waals surface area contributed by atoms with Gasteiger partial charge in [0.15, 0.2) is 5.75 Å². The van der Waals surface area contributed by atoms with Gasteiger partial charge in [0.2, 0.25) is 0 Å². The third kappa shape index (κ3) is 3.06. The van der Waals surface area contributed by atoms with Crippen LogP contribution in [0.2, 0.25) is 10.0 Å². The molecule has 0 unspecified atom stereocenters. The number of hydrogen-bond donors (Lipinski definition) is 2. The third-order valence-electron chi connectivity index (χ3n) is 2.30. The summed E-state index contributed by atoms with van der Waals surface area (Å²) in [5.41, 5.74) is 7.84. The fraction of sp³-hybridized carbons (Fsp3) is 0.0909. The smallest absolute Gasteiger partial charge is 0.152 e. The number of hydrogen-bond acceptors (Lipinski definition) is 3. The van der Waals surface area contributed by atoms with Crippen LogP contribution in [0.5, 0.6) is 5.75 Å². The highest BCUT2D eigenvalue weighted by Gasteiger charge is 2.13. The average molecular weight is 311 g/mol. The maximum Gasteiger partial charge on any atom is 0.152 e. The molecule has 2 nitrogen and oxygen atoms in total. The molecule has 0 radical (unpaired) electrons. The van der Waals surface area contributed by atoms with Crippen molar-refractivity contribution in [1.82, 2.24) is 0 Å². The zero-order valence-corrected chi connectivity index (χ0v) is 11.7. The minimum atomic E-state index is -0.276. The summed E-state index contributed by atoms with van der Waals surface area (Å²) in [6, 6.07) is 4.93. The van der Waals surface area contributed by atoms with Crippen LogP contribution < -0.4 is 5.73 Å². The van der Waals surface area contributed by atoms with Crippen LogP contribution >= 0.6 is 46.9 Å². The summed E-state index contributed by atoms with van der Waals surface area (Å²) < 4.78 is 0. The molecule has 0 spiro atoms. The zero-order chi connectivity index (χ0) is 11.7. The van der Waals surface area contributed by atoms with E-state index in [9.17, 15) is 5.11 Å². The summed E-state index contributed by atoms with van der Waals surface area (Å²) in [5.74, 6) is -0.107. The summed E-state index contributed by atoms with van der Waals surface area (Å²) in [7, 11) is 0. The first-order valence-electron chi connectivity index (χ1n) is 4.55. The Morgan fingerprint density at radius 3 is 2.24 bits per heavy atom. The van der Waals surface area contributed by atoms with Gasteiger partial charge in [0.1, 0.15) is 0 Å². The van der Waals surface area contributed by atoms with E-state index in [4.69, 9.17) is 28.9 Å². The second-order valence-corrected chi connectivity index (χ2v) is 4.96. The second kappa shape index (κ2) is 5.94. The summed E-state index contributed by atoms with van der Waals surface area (Å²) in [6.45, 7) is 0. The summed E-state index contributed by atoms with van der Waals surface area (Å²) >= 11 is 13.3. The first-order valence-corrected chi connectivity index (χ1v) is 6.25. The molecule has 2 aromatic rings. The Bertz CT molecular complexity index is 478. The molecule has 0 aliphatic heterocycles. The van der Waals surface area contributed by atoms with E-state index >= 15 is 0 Å². The number of rotatable bonds is 2. The molecule has 3 N–H and O–H groups in total. The van der Waals surface area contributed by atoms with E-state index in [0.29, 0.717) is 0 Å². The van der Waals surface area contributed by atoms with Gasteiger partial charge in [-0.15, -0.1) is 12.4 Å². The Morgan fingerprint density at radius 2 is 1.76 bits per heavy atom. The van der Waals surface area contributed by atoms with E-state index in [2.05, 4.69) is 0 Å². The van der Waals surface area contributed by atoms with Crippen molar-refractivity contribution in [2.75, 3.05) is 0 Å². The molecule has 1 heterocycles. The van der Waals surface area contributed by atoms with Gasteiger partial charge in [-0.25, -0.2) is 0 Å². The Kier molecular flexibility index (Phi) is 5.10. The second-order valence-electron chi connectivity index (χ2n) is 3.37. The predicted molar refractivity (Wildman–Crippen MR) is 75.7 cm³/mol. The van der Waals surface area contributed by atoms with E-state index in [1.54, 1.807) is 23.5 Å². The van der Waals surface area contributed by atoms with Crippen molar-refractivity contribution < 1.29 is 5.11 Å². The molecule has 0 aliphatic rings. The lowest BCUT2D eigenvalue weighted by Crippen LogP contribution is -2.10. The van der Waals surface area contributed by atoms with E-state index in [-0.39, 0.29) is 34.2 Å². The third-order valence-corrected chi connectivity index (χ3v) is 3.58. The van der Waals surface area contributed by atoms with Gasteiger partial charge in [0.25, 0.3) is 0 Å². The fourth-order valence-corrected chi connectivity index (χ4v) is 2.61. The summed E-state index contributed by atoms with van der Waals surface area (Å²) in [6.07, 6.45) is 0. The van der Waals surface area contributed by atoms with Crippen molar-refractivity contribution >= 4 is 46.9 Å². The number of thiophene rings is 1. The van der Waals surface area contributed by atoms with Crippen LogP contribution in [0.3, 0.4) is 0 Å². The lowest BCUT2D eigenvalue weighted by molar-refractivity contribution is 0.475. The zero-order valence-electron chi connectivity index (χ0n) is 8.56. The molecule has 0 saturated carbocycles. The Balaban J connectivity index is 0.00000144. The largest absolute Gasteiger partial charge is 0.505 e. The lowest BCUT2D eigenvalue weighted by atomic mass is 10.0. The molecule has 6 heteroatoms. The number of benzene rings is 1. The topological polar surface area (TPSA) is 46.2 Å². The van der Waals surface area contributed by atoms with Crippen molar-refractivity contribution in [2.24, 2.45) is 5.73 Å². The van der Waals surface area contributed by atoms with Crippen LogP contribution in [-0.2, 0) is 0 Å². The minimum absolute atomic E-state index is 0. The van der Waals surface area contributed by atoms with Crippen molar-refractivity contribution in [3.05, 3.63) is 50.1 Å². The standard InChI is InChI=1S/C11H9Cl2NOS.ClH/c12-8-3-7(4-9(13)11(8)15)10(14)6-1-2-16-5-6;/h1-5,10,15H,14H2;1H/t10-;/m0./s1. The highest BCUT2D eigenvalue weighted by Crippen LogP contribution is 2.35. The summed E-state index contributed by atoms with van der Waals surface area (Å²) in [5, 5.41) is 13.8. The van der Waals surface area contributed by atoms with Crippen LogP contribution in [0.1, 0.15) is 17.2 Å². The van der Waals surface area contributed by atoms with Crippen LogP contribution in [0.4, 0.5) is 0 Å². The van der Waals surface area contributed by atoms with E-state index in [0.717, 1.165) is 11.1 Å². The molecule has 0 saturated heterocycles. The molecular formula is C11H10Cl3NOS. The maximum absolute atomic E-state index is 9.44. The molecule has 17 heavy (non-hydrogen) atoms. The number of phenolic OH excluding ortho intramolecular Hbond substituents is 1. The fourth-order valence-electron chi connectivity index (χ4n) is 1.41. The van der Waals surface area contributed by atoms with Gasteiger partial charge in [0.05, 0.1) is 16.1 Å². The molecule has 0 amide bonds. The first kappa shape index (κ1) is 14.6. The van der Waals surface area contributed by atoms with E-state index in [1.165, 1.54) is 0 Å². The lowest BCUT2D eigenvalue weighted by Gasteiger charge is -2.12. The number of phenols is 1. The molecule has 92 valence electrons. The summed E-state index contributed by atoms with van der Waals surface area (Å²) in [4.78, 5) is 0. The quantitative estimate of drug-likeness (QED) is 0.872. The van der Waals surface area contributed by atoms with Crippen LogP contribution in [0.15, 0.2) is 29.0 Å². The van der Waals surface area contributed by atoms with Crippen molar-refractivity contribution in [1.29, 1.82) is 0 Å². The van der Waals surface area contributed by atoms with Gasteiger partial charge >= 0.3 is 0 Å². The Labute approximate surface area is 119 Å². The molecule has 1 aromatic heterocycles.